The van der Waals surface area contributed by atoms with E-state index in [-0.39, 0.29) is 41.5 Å². The van der Waals surface area contributed by atoms with E-state index < -0.39 is 18.5 Å². The van der Waals surface area contributed by atoms with Crippen LogP contribution < -0.4 is 10.6 Å². The SMILES string of the molecule is CC(=O)Nc1ccc(C(=O)OCC(=O)NCCN2C(=O)CSC2=O)cc1. The lowest BCUT2D eigenvalue weighted by molar-refractivity contribution is -0.126. The van der Waals surface area contributed by atoms with Crippen molar-refractivity contribution in [1.29, 1.82) is 0 Å². The standard InChI is InChI=1S/C16H17N3O6S/c1-10(20)18-12-4-2-11(3-5-12)15(23)25-8-13(21)17-6-7-19-14(22)9-26-16(19)24/h2-5H,6-9H2,1H3,(H,17,21)(H,18,20). The molecule has 10 heteroatoms. The van der Waals surface area contributed by atoms with Crippen LogP contribution in [0.3, 0.4) is 0 Å². The number of ether oxygens (including phenoxy) is 1. The molecular weight excluding hydrogens is 362 g/mol. The van der Waals surface area contributed by atoms with Crippen LogP contribution in [0.25, 0.3) is 0 Å². The summed E-state index contributed by atoms with van der Waals surface area (Å²) in [4.78, 5) is 58.3. The average Bonchev–Trinajstić information content (AvgIpc) is 2.91. The lowest BCUT2D eigenvalue weighted by atomic mass is 10.2. The Morgan fingerprint density at radius 3 is 2.46 bits per heavy atom. The zero-order valence-corrected chi connectivity index (χ0v) is 14.8. The summed E-state index contributed by atoms with van der Waals surface area (Å²) < 4.78 is 4.89. The molecule has 0 bridgehead atoms. The summed E-state index contributed by atoms with van der Waals surface area (Å²) in [7, 11) is 0. The smallest absolute Gasteiger partial charge is 0.338 e. The molecule has 0 aromatic heterocycles. The van der Waals surface area contributed by atoms with Crippen molar-refractivity contribution in [3.8, 4) is 0 Å². The zero-order valence-electron chi connectivity index (χ0n) is 13.9. The monoisotopic (exact) mass is 379 g/mol. The minimum Gasteiger partial charge on any atom is -0.452 e. The molecule has 9 nitrogen and oxygen atoms in total. The molecule has 26 heavy (non-hydrogen) atoms. The van der Waals surface area contributed by atoms with Gasteiger partial charge in [-0.1, -0.05) is 11.8 Å². The van der Waals surface area contributed by atoms with Gasteiger partial charge in [0.15, 0.2) is 6.61 Å². The maximum absolute atomic E-state index is 11.9. The molecule has 0 saturated carbocycles. The van der Waals surface area contributed by atoms with Crippen molar-refractivity contribution >= 4 is 46.4 Å². The van der Waals surface area contributed by atoms with Gasteiger partial charge in [-0.25, -0.2) is 4.79 Å². The number of amides is 4. The summed E-state index contributed by atoms with van der Waals surface area (Å²) in [5.41, 5.74) is 0.771. The number of carbonyl (C=O) groups excluding carboxylic acids is 5. The first-order valence-electron chi connectivity index (χ1n) is 7.65. The predicted octanol–water partition coefficient (Wildman–Crippen LogP) is 0.613. The fourth-order valence-electron chi connectivity index (χ4n) is 2.06. The van der Waals surface area contributed by atoms with Crippen molar-refractivity contribution in [3.63, 3.8) is 0 Å². The van der Waals surface area contributed by atoms with Crippen LogP contribution in [-0.2, 0) is 19.1 Å². The summed E-state index contributed by atoms with van der Waals surface area (Å²) in [5, 5.41) is 4.70. The number of carbonyl (C=O) groups is 5. The first kappa shape index (κ1) is 19.4. The molecule has 2 N–H and O–H groups in total. The third-order valence-corrected chi connectivity index (χ3v) is 4.13. The van der Waals surface area contributed by atoms with Gasteiger partial charge in [0.05, 0.1) is 11.3 Å². The normalized spacial score (nSPS) is 13.5. The van der Waals surface area contributed by atoms with E-state index >= 15 is 0 Å². The summed E-state index contributed by atoms with van der Waals surface area (Å²) in [6.07, 6.45) is 0. The first-order valence-corrected chi connectivity index (χ1v) is 8.64. The maximum Gasteiger partial charge on any atom is 0.338 e. The maximum atomic E-state index is 11.9. The molecule has 0 spiro atoms. The number of anilines is 1. The molecule has 2 rings (SSSR count). The summed E-state index contributed by atoms with van der Waals surface area (Å²) in [5.74, 6) is -1.63. The van der Waals surface area contributed by atoms with Crippen molar-refractivity contribution in [2.45, 2.75) is 6.92 Å². The van der Waals surface area contributed by atoms with Gasteiger partial charge in [0, 0.05) is 25.7 Å². The molecule has 0 aliphatic carbocycles. The van der Waals surface area contributed by atoms with E-state index in [1.54, 1.807) is 12.1 Å². The molecule has 1 aliphatic heterocycles. The fraction of sp³-hybridized carbons (Fsp3) is 0.312. The molecule has 138 valence electrons. The minimum absolute atomic E-state index is 0.0783. The lowest BCUT2D eigenvalue weighted by Crippen LogP contribution is -2.38. The molecule has 0 unspecified atom stereocenters. The summed E-state index contributed by atoms with van der Waals surface area (Å²) in [6.45, 7) is 1.05. The molecule has 1 fully saturated rings. The van der Waals surface area contributed by atoms with Gasteiger partial charge < -0.3 is 15.4 Å². The molecular formula is C16H17N3O6S. The number of esters is 1. The molecule has 4 amide bonds. The van der Waals surface area contributed by atoms with E-state index in [9.17, 15) is 24.0 Å². The second kappa shape index (κ2) is 8.99. The van der Waals surface area contributed by atoms with E-state index in [4.69, 9.17) is 4.74 Å². The molecule has 1 saturated heterocycles. The highest BCUT2D eigenvalue weighted by Crippen LogP contribution is 2.17. The third-order valence-electron chi connectivity index (χ3n) is 3.27. The quantitative estimate of drug-likeness (QED) is 0.666. The van der Waals surface area contributed by atoms with Crippen LogP contribution in [0.2, 0.25) is 0 Å². The van der Waals surface area contributed by atoms with Crippen molar-refractivity contribution in [1.82, 2.24) is 10.2 Å². The Balaban J connectivity index is 1.71. The Morgan fingerprint density at radius 1 is 1.19 bits per heavy atom. The van der Waals surface area contributed by atoms with Crippen molar-refractivity contribution in [2.75, 3.05) is 30.8 Å². The topological polar surface area (TPSA) is 122 Å². The predicted molar refractivity (Wildman–Crippen MR) is 93.6 cm³/mol. The van der Waals surface area contributed by atoms with Crippen LogP contribution in [0.15, 0.2) is 24.3 Å². The Morgan fingerprint density at radius 2 is 1.88 bits per heavy atom. The van der Waals surface area contributed by atoms with E-state index in [0.717, 1.165) is 16.7 Å². The Kier molecular flexibility index (Phi) is 6.73. The highest BCUT2D eigenvalue weighted by molar-refractivity contribution is 8.14. The van der Waals surface area contributed by atoms with Crippen molar-refractivity contribution in [2.24, 2.45) is 0 Å². The highest BCUT2D eigenvalue weighted by atomic mass is 32.2. The largest absolute Gasteiger partial charge is 0.452 e. The number of rotatable bonds is 7. The summed E-state index contributed by atoms with van der Waals surface area (Å²) in [6, 6.07) is 6.02. The number of nitrogens with zero attached hydrogens (tertiary/aromatic N) is 1. The third kappa shape index (κ3) is 5.59. The van der Waals surface area contributed by atoms with E-state index in [0.29, 0.717) is 5.69 Å². The molecule has 0 atom stereocenters. The zero-order chi connectivity index (χ0) is 19.1. The van der Waals surface area contributed by atoms with Gasteiger partial charge in [0.25, 0.3) is 11.1 Å². The van der Waals surface area contributed by atoms with Gasteiger partial charge >= 0.3 is 5.97 Å². The van der Waals surface area contributed by atoms with Gasteiger partial charge in [0.1, 0.15) is 0 Å². The van der Waals surface area contributed by atoms with E-state index in [1.165, 1.54) is 19.1 Å². The number of thioether (sulfide) groups is 1. The number of imide groups is 1. The van der Waals surface area contributed by atoms with Gasteiger partial charge in [-0.15, -0.1) is 0 Å². The molecule has 1 aromatic rings. The highest BCUT2D eigenvalue weighted by Gasteiger charge is 2.29. The summed E-state index contributed by atoms with van der Waals surface area (Å²) >= 11 is 0.920. The van der Waals surface area contributed by atoms with Gasteiger partial charge in [0.2, 0.25) is 11.8 Å². The molecule has 1 aliphatic rings. The number of hydrogen-bond acceptors (Lipinski definition) is 7. The molecule has 1 heterocycles. The Hall–Kier alpha value is -2.88. The van der Waals surface area contributed by atoms with Gasteiger partial charge in [-0.2, -0.15) is 0 Å². The van der Waals surface area contributed by atoms with Gasteiger partial charge in [-0.3, -0.25) is 24.1 Å². The van der Waals surface area contributed by atoms with Crippen LogP contribution in [0.4, 0.5) is 10.5 Å². The lowest BCUT2D eigenvalue weighted by Gasteiger charge is -2.13. The van der Waals surface area contributed by atoms with Crippen LogP contribution in [0.5, 0.6) is 0 Å². The van der Waals surface area contributed by atoms with E-state index in [1.807, 2.05) is 0 Å². The second-order valence-electron chi connectivity index (χ2n) is 5.28. The Labute approximate surface area is 153 Å². The van der Waals surface area contributed by atoms with Crippen LogP contribution >= 0.6 is 11.8 Å². The number of nitrogens with one attached hydrogen (secondary N) is 2. The van der Waals surface area contributed by atoms with Crippen LogP contribution in [-0.4, -0.2) is 59.3 Å². The van der Waals surface area contributed by atoms with Crippen molar-refractivity contribution < 1.29 is 28.7 Å². The average molecular weight is 379 g/mol. The first-order chi connectivity index (χ1) is 12.4. The fourth-order valence-corrected chi connectivity index (χ4v) is 2.81. The number of benzene rings is 1. The van der Waals surface area contributed by atoms with Crippen LogP contribution in [0.1, 0.15) is 17.3 Å². The van der Waals surface area contributed by atoms with Crippen molar-refractivity contribution in [3.05, 3.63) is 29.8 Å². The minimum atomic E-state index is -0.684. The Bertz CT molecular complexity index is 718. The second-order valence-corrected chi connectivity index (χ2v) is 6.21. The molecule has 0 radical (unpaired) electrons. The van der Waals surface area contributed by atoms with Gasteiger partial charge in [-0.05, 0) is 24.3 Å². The molecule has 1 aromatic carbocycles. The van der Waals surface area contributed by atoms with E-state index in [2.05, 4.69) is 10.6 Å². The van der Waals surface area contributed by atoms with Crippen LogP contribution in [0, 0.1) is 0 Å². The number of hydrogen-bond donors (Lipinski definition) is 2.